The van der Waals surface area contributed by atoms with Gasteiger partial charge in [-0.15, -0.1) is 0 Å². The zero-order valence-electron chi connectivity index (χ0n) is 13.3. The van der Waals surface area contributed by atoms with Crippen LogP contribution in [0, 0.1) is 5.92 Å². The molecular formula is C16H26N4O2. The summed E-state index contributed by atoms with van der Waals surface area (Å²) in [5.74, 6) is 0.982. The molecule has 0 spiro atoms. The van der Waals surface area contributed by atoms with E-state index in [1.54, 1.807) is 4.68 Å². The van der Waals surface area contributed by atoms with E-state index in [4.69, 9.17) is 4.74 Å². The van der Waals surface area contributed by atoms with E-state index in [0.717, 1.165) is 25.1 Å². The lowest BCUT2D eigenvalue weighted by atomic mass is 9.93. The molecule has 0 radical (unpaired) electrons. The highest BCUT2D eigenvalue weighted by Gasteiger charge is 2.26. The standard InChI is InChI=1S/C16H26N4O2/c1-19-11-14(10-18-19)15-12-20(8-9-22-15)16(21)3-2-13-4-6-17-7-5-13/h10-11,13,15,17H,2-9,12H2,1H3. The summed E-state index contributed by atoms with van der Waals surface area (Å²) in [6, 6.07) is 0. The van der Waals surface area contributed by atoms with E-state index in [0.29, 0.717) is 32.0 Å². The Morgan fingerprint density at radius 2 is 2.27 bits per heavy atom. The van der Waals surface area contributed by atoms with E-state index in [2.05, 4.69) is 10.4 Å². The molecule has 1 atom stereocenters. The maximum Gasteiger partial charge on any atom is 0.222 e. The van der Waals surface area contributed by atoms with Crippen molar-refractivity contribution in [1.29, 1.82) is 0 Å². The van der Waals surface area contributed by atoms with E-state index in [1.807, 2.05) is 24.3 Å². The number of morpholine rings is 1. The van der Waals surface area contributed by atoms with E-state index < -0.39 is 0 Å². The fourth-order valence-corrected chi connectivity index (χ4v) is 3.34. The SMILES string of the molecule is Cn1cc(C2CN(C(=O)CCC3CCNCC3)CCO2)cn1. The van der Waals surface area contributed by atoms with Gasteiger partial charge in [-0.05, 0) is 38.3 Å². The molecule has 0 bridgehead atoms. The third-order valence-corrected chi connectivity index (χ3v) is 4.74. The Hall–Kier alpha value is -1.40. The molecule has 2 aliphatic heterocycles. The fourth-order valence-electron chi connectivity index (χ4n) is 3.34. The third kappa shape index (κ3) is 3.87. The predicted octanol–water partition coefficient (Wildman–Crippen LogP) is 1.10. The summed E-state index contributed by atoms with van der Waals surface area (Å²) in [5.41, 5.74) is 1.05. The second-order valence-electron chi connectivity index (χ2n) is 6.38. The van der Waals surface area contributed by atoms with Crippen LogP contribution in [0.5, 0.6) is 0 Å². The molecule has 0 aliphatic carbocycles. The number of carbonyl (C=O) groups excluding carboxylic acids is 1. The van der Waals surface area contributed by atoms with Crippen molar-refractivity contribution in [3.05, 3.63) is 18.0 Å². The van der Waals surface area contributed by atoms with Crippen LogP contribution in [0.25, 0.3) is 0 Å². The van der Waals surface area contributed by atoms with Gasteiger partial charge in [0.2, 0.25) is 5.91 Å². The molecule has 22 heavy (non-hydrogen) atoms. The van der Waals surface area contributed by atoms with Crippen LogP contribution in [0.4, 0.5) is 0 Å². The van der Waals surface area contributed by atoms with Crippen LogP contribution in [0.1, 0.15) is 37.4 Å². The summed E-state index contributed by atoms with van der Waals surface area (Å²) in [4.78, 5) is 14.4. The van der Waals surface area contributed by atoms with Gasteiger partial charge in [-0.25, -0.2) is 0 Å². The van der Waals surface area contributed by atoms with E-state index in [9.17, 15) is 4.79 Å². The number of hydrogen-bond acceptors (Lipinski definition) is 4. The number of rotatable bonds is 4. The predicted molar refractivity (Wildman–Crippen MR) is 83.3 cm³/mol. The van der Waals surface area contributed by atoms with Gasteiger partial charge in [0.25, 0.3) is 0 Å². The second kappa shape index (κ2) is 7.24. The Kier molecular flexibility index (Phi) is 5.10. The van der Waals surface area contributed by atoms with Crippen LogP contribution < -0.4 is 5.32 Å². The Bertz CT molecular complexity index is 496. The number of aromatic nitrogens is 2. The van der Waals surface area contributed by atoms with Crippen molar-refractivity contribution in [3.8, 4) is 0 Å². The molecule has 0 aromatic carbocycles. The Morgan fingerprint density at radius 3 is 3.00 bits per heavy atom. The monoisotopic (exact) mass is 306 g/mol. The van der Waals surface area contributed by atoms with Gasteiger partial charge < -0.3 is 15.0 Å². The van der Waals surface area contributed by atoms with Crippen LogP contribution in [-0.2, 0) is 16.6 Å². The number of carbonyl (C=O) groups is 1. The highest BCUT2D eigenvalue weighted by molar-refractivity contribution is 5.76. The molecule has 1 aromatic heterocycles. The molecule has 122 valence electrons. The van der Waals surface area contributed by atoms with Crippen molar-refractivity contribution in [2.24, 2.45) is 13.0 Å². The van der Waals surface area contributed by atoms with Gasteiger partial charge >= 0.3 is 0 Å². The maximum absolute atomic E-state index is 12.5. The zero-order valence-corrected chi connectivity index (χ0v) is 13.3. The first kappa shape index (κ1) is 15.5. The van der Waals surface area contributed by atoms with Crippen LogP contribution in [0.2, 0.25) is 0 Å². The number of nitrogens with one attached hydrogen (secondary N) is 1. The molecule has 1 N–H and O–H groups in total. The summed E-state index contributed by atoms with van der Waals surface area (Å²) < 4.78 is 7.57. The largest absolute Gasteiger partial charge is 0.370 e. The molecule has 3 heterocycles. The van der Waals surface area contributed by atoms with Gasteiger partial charge in [-0.3, -0.25) is 9.48 Å². The van der Waals surface area contributed by atoms with Crippen LogP contribution in [0.3, 0.4) is 0 Å². The molecule has 1 amide bonds. The topological polar surface area (TPSA) is 59.4 Å². The number of ether oxygens (including phenoxy) is 1. The lowest BCUT2D eigenvalue weighted by molar-refractivity contribution is -0.139. The van der Waals surface area contributed by atoms with Crippen molar-refractivity contribution >= 4 is 5.91 Å². The number of piperidine rings is 1. The molecule has 2 saturated heterocycles. The summed E-state index contributed by atoms with van der Waals surface area (Å²) in [7, 11) is 1.90. The number of aryl methyl sites for hydroxylation is 1. The summed E-state index contributed by atoms with van der Waals surface area (Å²) in [6.07, 6.45) is 7.86. The smallest absolute Gasteiger partial charge is 0.222 e. The highest BCUT2D eigenvalue weighted by Crippen LogP contribution is 2.23. The second-order valence-corrected chi connectivity index (χ2v) is 6.38. The van der Waals surface area contributed by atoms with Gasteiger partial charge in [-0.1, -0.05) is 0 Å². The Morgan fingerprint density at radius 1 is 1.45 bits per heavy atom. The Balaban J connectivity index is 1.49. The van der Waals surface area contributed by atoms with Crippen LogP contribution in [0.15, 0.2) is 12.4 Å². The minimum Gasteiger partial charge on any atom is -0.370 e. The molecule has 6 heteroatoms. The fraction of sp³-hybridized carbons (Fsp3) is 0.750. The first-order valence-electron chi connectivity index (χ1n) is 8.31. The number of nitrogens with zero attached hydrogens (tertiary/aromatic N) is 3. The summed E-state index contributed by atoms with van der Waals surface area (Å²) in [5, 5.41) is 7.56. The molecule has 0 saturated carbocycles. The van der Waals surface area contributed by atoms with E-state index in [1.165, 1.54) is 12.8 Å². The average molecular weight is 306 g/mol. The van der Waals surface area contributed by atoms with Crippen molar-refractivity contribution < 1.29 is 9.53 Å². The Labute approximate surface area is 131 Å². The van der Waals surface area contributed by atoms with Crippen molar-refractivity contribution in [3.63, 3.8) is 0 Å². The lowest BCUT2D eigenvalue weighted by Crippen LogP contribution is -2.42. The van der Waals surface area contributed by atoms with Crippen molar-refractivity contribution in [2.75, 3.05) is 32.8 Å². The average Bonchev–Trinajstić information content (AvgIpc) is 3.00. The highest BCUT2D eigenvalue weighted by atomic mass is 16.5. The molecule has 3 rings (SSSR count). The number of amides is 1. The summed E-state index contributed by atoms with van der Waals surface area (Å²) >= 11 is 0. The molecule has 6 nitrogen and oxygen atoms in total. The molecular weight excluding hydrogens is 280 g/mol. The summed E-state index contributed by atoms with van der Waals surface area (Å²) in [6.45, 7) is 4.16. The quantitative estimate of drug-likeness (QED) is 0.905. The molecule has 2 aliphatic rings. The molecule has 2 fully saturated rings. The van der Waals surface area contributed by atoms with Crippen molar-refractivity contribution in [2.45, 2.75) is 31.8 Å². The van der Waals surface area contributed by atoms with E-state index in [-0.39, 0.29) is 12.0 Å². The minimum atomic E-state index is -0.0368. The van der Waals surface area contributed by atoms with Gasteiger partial charge in [0.15, 0.2) is 0 Å². The van der Waals surface area contributed by atoms with Gasteiger partial charge in [0, 0.05) is 31.8 Å². The van der Waals surface area contributed by atoms with Crippen LogP contribution in [-0.4, -0.2) is 53.4 Å². The maximum atomic E-state index is 12.5. The van der Waals surface area contributed by atoms with Crippen LogP contribution >= 0.6 is 0 Å². The lowest BCUT2D eigenvalue weighted by Gasteiger charge is -2.33. The van der Waals surface area contributed by atoms with Gasteiger partial charge in [0.05, 0.1) is 19.3 Å². The van der Waals surface area contributed by atoms with Gasteiger partial charge in [0.1, 0.15) is 6.10 Å². The zero-order chi connectivity index (χ0) is 15.4. The van der Waals surface area contributed by atoms with Gasteiger partial charge in [-0.2, -0.15) is 5.10 Å². The third-order valence-electron chi connectivity index (χ3n) is 4.74. The van der Waals surface area contributed by atoms with E-state index >= 15 is 0 Å². The molecule has 1 aromatic rings. The minimum absolute atomic E-state index is 0.0368. The van der Waals surface area contributed by atoms with Crippen molar-refractivity contribution in [1.82, 2.24) is 20.0 Å². The molecule has 1 unspecified atom stereocenters. The first-order chi connectivity index (χ1) is 10.7. The normalized spacial score (nSPS) is 23.7. The first-order valence-corrected chi connectivity index (χ1v) is 8.31. The number of hydrogen-bond donors (Lipinski definition) is 1.